The largest absolute Gasteiger partial charge is 0.393 e. The highest BCUT2D eigenvalue weighted by atomic mass is 32.1. The van der Waals surface area contributed by atoms with Gasteiger partial charge < -0.3 is 10.4 Å². The number of nitrogens with zero attached hydrogens (tertiary/aromatic N) is 1. The van der Waals surface area contributed by atoms with Crippen LogP contribution in [0, 0.1) is 5.92 Å². The molecule has 2 rings (SSSR count). The number of thiazole rings is 1. The van der Waals surface area contributed by atoms with Crippen LogP contribution in [0.15, 0.2) is 11.7 Å². The first-order valence-electron chi connectivity index (χ1n) is 6.12. The smallest absolute Gasteiger partial charge is 0.0794 e. The average molecular weight is 240 g/mol. The van der Waals surface area contributed by atoms with E-state index in [4.69, 9.17) is 0 Å². The molecule has 0 saturated heterocycles. The summed E-state index contributed by atoms with van der Waals surface area (Å²) in [5.41, 5.74) is 1.87. The van der Waals surface area contributed by atoms with Crippen LogP contribution in [0.1, 0.15) is 37.0 Å². The topological polar surface area (TPSA) is 45.1 Å². The molecule has 1 aliphatic carbocycles. The summed E-state index contributed by atoms with van der Waals surface area (Å²) in [6.45, 7) is 1.97. The summed E-state index contributed by atoms with van der Waals surface area (Å²) < 4.78 is 0. The lowest BCUT2D eigenvalue weighted by molar-refractivity contribution is 0.127. The minimum atomic E-state index is -0.0264. The molecule has 1 aromatic rings. The number of aromatic nitrogens is 1. The Kier molecular flexibility index (Phi) is 4.75. The third-order valence-electron chi connectivity index (χ3n) is 3.33. The normalized spacial score (nSPS) is 25.1. The van der Waals surface area contributed by atoms with Crippen molar-refractivity contribution < 1.29 is 5.11 Å². The summed E-state index contributed by atoms with van der Waals surface area (Å²) in [7, 11) is 0. The lowest BCUT2D eigenvalue weighted by Gasteiger charge is -2.13. The van der Waals surface area contributed by atoms with E-state index in [2.05, 4.69) is 10.3 Å². The number of rotatable bonds is 6. The van der Waals surface area contributed by atoms with Gasteiger partial charge in [-0.05, 0) is 38.1 Å². The molecule has 0 aromatic carbocycles. The second kappa shape index (κ2) is 6.33. The first-order chi connectivity index (χ1) is 7.86. The third-order valence-corrected chi connectivity index (χ3v) is 4.11. The van der Waals surface area contributed by atoms with Crippen LogP contribution in [0.4, 0.5) is 0 Å². The van der Waals surface area contributed by atoms with Crippen LogP contribution in [0.3, 0.4) is 0 Å². The van der Waals surface area contributed by atoms with Crippen LogP contribution in [-0.2, 0) is 6.54 Å². The molecule has 3 nitrogen and oxygen atoms in total. The van der Waals surface area contributed by atoms with Gasteiger partial charge in [0.25, 0.3) is 0 Å². The zero-order chi connectivity index (χ0) is 11.2. The summed E-state index contributed by atoms with van der Waals surface area (Å²) in [5.74, 6) is 0.560. The Bertz CT molecular complexity index is 289. The van der Waals surface area contributed by atoms with Crippen molar-refractivity contribution in [1.29, 1.82) is 0 Å². The van der Waals surface area contributed by atoms with Crippen molar-refractivity contribution in [3.05, 3.63) is 16.6 Å². The van der Waals surface area contributed by atoms with Crippen molar-refractivity contribution in [1.82, 2.24) is 10.3 Å². The SMILES string of the molecule is OC1CCCC1CCCNCc1cncs1. The maximum absolute atomic E-state index is 9.67. The molecule has 0 aliphatic heterocycles. The fourth-order valence-corrected chi connectivity index (χ4v) is 2.95. The fourth-order valence-electron chi connectivity index (χ4n) is 2.38. The maximum atomic E-state index is 9.67. The van der Waals surface area contributed by atoms with Crippen molar-refractivity contribution in [3.8, 4) is 0 Å². The summed E-state index contributed by atoms with van der Waals surface area (Å²) in [6, 6.07) is 0. The molecule has 2 atom stereocenters. The van der Waals surface area contributed by atoms with E-state index in [1.165, 1.54) is 24.1 Å². The maximum Gasteiger partial charge on any atom is 0.0794 e. The minimum absolute atomic E-state index is 0.0264. The molecule has 0 radical (unpaired) electrons. The van der Waals surface area contributed by atoms with Gasteiger partial charge in [-0.2, -0.15) is 0 Å². The highest BCUT2D eigenvalue weighted by Crippen LogP contribution is 2.28. The van der Waals surface area contributed by atoms with Crippen molar-refractivity contribution in [2.24, 2.45) is 5.92 Å². The lowest BCUT2D eigenvalue weighted by atomic mass is 10.00. The lowest BCUT2D eigenvalue weighted by Crippen LogP contribution is -2.18. The van der Waals surface area contributed by atoms with Gasteiger partial charge in [0.05, 0.1) is 11.6 Å². The van der Waals surface area contributed by atoms with Gasteiger partial charge in [-0.25, -0.2) is 0 Å². The van der Waals surface area contributed by atoms with Crippen molar-refractivity contribution in [3.63, 3.8) is 0 Å². The number of aliphatic hydroxyl groups excluding tert-OH is 1. The van der Waals surface area contributed by atoms with E-state index < -0.39 is 0 Å². The van der Waals surface area contributed by atoms with E-state index in [0.29, 0.717) is 5.92 Å². The van der Waals surface area contributed by atoms with Gasteiger partial charge in [0.15, 0.2) is 0 Å². The third kappa shape index (κ3) is 3.54. The molecule has 0 spiro atoms. The first-order valence-corrected chi connectivity index (χ1v) is 7.00. The van der Waals surface area contributed by atoms with Crippen molar-refractivity contribution in [2.45, 2.75) is 44.8 Å². The zero-order valence-corrected chi connectivity index (χ0v) is 10.4. The molecular weight excluding hydrogens is 220 g/mol. The predicted octanol–water partition coefficient (Wildman–Crippen LogP) is 2.17. The average Bonchev–Trinajstić information content (AvgIpc) is 2.90. The summed E-state index contributed by atoms with van der Waals surface area (Å²) in [6.07, 6.45) is 7.66. The standard InChI is InChI=1S/C12H20N2OS/c15-12-5-1-3-10(12)4-2-6-13-7-11-8-14-9-16-11/h8-10,12-13,15H,1-7H2. The quantitative estimate of drug-likeness (QED) is 0.749. The second-order valence-corrected chi connectivity index (χ2v) is 5.52. The van der Waals surface area contributed by atoms with Crippen LogP contribution < -0.4 is 5.32 Å². The zero-order valence-electron chi connectivity index (χ0n) is 9.56. The number of nitrogens with one attached hydrogen (secondary N) is 1. The van der Waals surface area contributed by atoms with Gasteiger partial charge in [-0.15, -0.1) is 11.3 Å². The molecule has 2 N–H and O–H groups in total. The monoisotopic (exact) mass is 240 g/mol. The van der Waals surface area contributed by atoms with E-state index >= 15 is 0 Å². The molecule has 16 heavy (non-hydrogen) atoms. The molecule has 0 amide bonds. The summed E-state index contributed by atoms with van der Waals surface area (Å²) >= 11 is 1.69. The van der Waals surface area contributed by atoms with Gasteiger partial charge in [0, 0.05) is 17.6 Å². The van der Waals surface area contributed by atoms with Gasteiger partial charge in [0.2, 0.25) is 0 Å². The van der Waals surface area contributed by atoms with Crippen LogP contribution >= 0.6 is 11.3 Å². The number of hydrogen-bond acceptors (Lipinski definition) is 4. The Labute approximate surface area is 101 Å². The van der Waals surface area contributed by atoms with Crippen LogP contribution in [0.5, 0.6) is 0 Å². The Balaban J connectivity index is 1.52. The minimum Gasteiger partial charge on any atom is -0.393 e. The predicted molar refractivity (Wildman–Crippen MR) is 66.4 cm³/mol. The van der Waals surface area contributed by atoms with Gasteiger partial charge >= 0.3 is 0 Å². The molecule has 90 valence electrons. The number of aliphatic hydroxyl groups is 1. The fraction of sp³-hybridized carbons (Fsp3) is 0.750. The van der Waals surface area contributed by atoms with Gasteiger partial charge in [-0.3, -0.25) is 4.98 Å². The van der Waals surface area contributed by atoms with Gasteiger partial charge in [-0.1, -0.05) is 6.42 Å². The van der Waals surface area contributed by atoms with E-state index in [1.807, 2.05) is 11.7 Å². The van der Waals surface area contributed by atoms with Gasteiger partial charge in [0.1, 0.15) is 0 Å². The Morgan fingerprint density at radius 1 is 1.50 bits per heavy atom. The van der Waals surface area contributed by atoms with E-state index in [-0.39, 0.29) is 6.10 Å². The Morgan fingerprint density at radius 3 is 3.12 bits per heavy atom. The molecule has 0 bridgehead atoms. The van der Waals surface area contributed by atoms with Crippen LogP contribution in [0.25, 0.3) is 0 Å². The van der Waals surface area contributed by atoms with E-state index in [9.17, 15) is 5.11 Å². The highest BCUT2D eigenvalue weighted by Gasteiger charge is 2.24. The number of hydrogen-bond donors (Lipinski definition) is 2. The first kappa shape index (κ1) is 12.0. The molecule has 1 aliphatic rings. The van der Waals surface area contributed by atoms with Crippen LogP contribution in [-0.4, -0.2) is 22.7 Å². The summed E-state index contributed by atoms with van der Waals surface area (Å²) in [4.78, 5) is 5.33. The van der Waals surface area contributed by atoms with E-state index in [1.54, 1.807) is 11.3 Å². The summed E-state index contributed by atoms with van der Waals surface area (Å²) in [5, 5.41) is 13.1. The molecule has 1 fully saturated rings. The molecular formula is C12H20N2OS. The second-order valence-electron chi connectivity index (χ2n) is 4.55. The van der Waals surface area contributed by atoms with Crippen LogP contribution in [0.2, 0.25) is 0 Å². The Morgan fingerprint density at radius 2 is 2.44 bits per heavy atom. The molecule has 4 heteroatoms. The molecule has 1 saturated carbocycles. The van der Waals surface area contributed by atoms with Crippen molar-refractivity contribution >= 4 is 11.3 Å². The van der Waals surface area contributed by atoms with Crippen molar-refractivity contribution in [2.75, 3.05) is 6.54 Å². The molecule has 1 heterocycles. The van der Waals surface area contributed by atoms with E-state index in [0.717, 1.165) is 25.9 Å². The Hall–Kier alpha value is -0.450. The highest BCUT2D eigenvalue weighted by molar-refractivity contribution is 7.09. The molecule has 1 aromatic heterocycles. The molecule has 2 unspecified atom stereocenters.